The van der Waals surface area contributed by atoms with Crippen molar-refractivity contribution in [3.63, 3.8) is 0 Å². The summed E-state index contributed by atoms with van der Waals surface area (Å²) in [6, 6.07) is 48.5. The van der Waals surface area contributed by atoms with E-state index in [9.17, 15) is 4.79 Å². The smallest absolute Gasteiger partial charge is 0.193 e. The maximum Gasteiger partial charge on any atom is 0.193 e. The quantitative estimate of drug-likeness (QED) is 0.0760. The van der Waals surface area contributed by atoms with Gasteiger partial charge in [0, 0.05) is 12.1 Å². The molecule has 0 saturated carbocycles. The Bertz CT molecular complexity index is 1930. The molecule has 0 spiro atoms. The van der Waals surface area contributed by atoms with Gasteiger partial charge in [0.25, 0.3) is 0 Å². The molecule has 6 aromatic carbocycles. The summed E-state index contributed by atoms with van der Waals surface area (Å²) in [4.78, 5) is 14.1. The molecule has 0 amide bonds. The lowest BCUT2D eigenvalue weighted by Crippen LogP contribution is -2.08. The van der Waals surface area contributed by atoms with E-state index in [4.69, 9.17) is 23.7 Å². The highest BCUT2D eigenvalue weighted by molar-refractivity contribution is 6.10. The number of rotatable bonds is 16. The fraction of sp³-hybridized carbons (Fsp3) is 0.114. The molecule has 0 radical (unpaired) electrons. The summed E-state index contributed by atoms with van der Waals surface area (Å²) in [6.45, 7) is 1.24. The molecule has 6 nitrogen and oxygen atoms in total. The minimum Gasteiger partial charge on any atom is -0.493 e. The second-order valence-corrected chi connectivity index (χ2v) is 11.5. The summed E-state index contributed by atoms with van der Waals surface area (Å²) in [5.74, 6) is 2.13. The van der Waals surface area contributed by atoms with E-state index in [0.717, 1.165) is 27.8 Å². The molecule has 0 aromatic heterocycles. The Morgan fingerprint density at radius 1 is 0.480 bits per heavy atom. The van der Waals surface area contributed by atoms with Gasteiger partial charge in [0.15, 0.2) is 17.3 Å². The van der Waals surface area contributed by atoms with Crippen molar-refractivity contribution < 1.29 is 28.5 Å². The lowest BCUT2D eigenvalue weighted by atomic mass is 10.1. The zero-order chi connectivity index (χ0) is 34.4. The molecule has 6 aromatic rings. The fourth-order valence-corrected chi connectivity index (χ4v) is 5.23. The van der Waals surface area contributed by atoms with Crippen LogP contribution in [0.25, 0.3) is 6.08 Å². The molecule has 0 heterocycles. The molecule has 0 unspecified atom stereocenters. The van der Waals surface area contributed by atoms with Crippen molar-refractivity contribution in [2.45, 2.75) is 26.4 Å². The van der Waals surface area contributed by atoms with Crippen LogP contribution in [0.15, 0.2) is 158 Å². The fourth-order valence-electron chi connectivity index (χ4n) is 5.23. The number of hydrogen-bond donors (Lipinski definition) is 0. The molecule has 0 fully saturated rings. The Hall–Kier alpha value is -6.27. The molecule has 0 aliphatic rings. The third kappa shape index (κ3) is 9.42. The van der Waals surface area contributed by atoms with Crippen molar-refractivity contribution in [1.29, 1.82) is 0 Å². The monoisotopic (exact) mass is 662 g/mol. The number of methoxy groups -OCH3 is 1. The van der Waals surface area contributed by atoms with Crippen LogP contribution in [0, 0.1) is 0 Å². The van der Waals surface area contributed by atoms with Gasteiger partial charge in [-0.15, -0.1) is 0 Å². The van der Waals surface area contributed by atoms with Crippen LogP contribution in [0.5, 0.6) is 28.7 Å². The number of benzene rings is 6. The Morgan fingerprint density at radius 3 is 1.34 bits per heavy atom. The molecule has 250 valence electrons. The highest BCUT2D eigenvalue weighted by atomic mass is 16.5. The summed E-state index contributed by atoms with van der Waals surface area (Å²) in [5.41, 5.74) is 5.04. The summed E-state index contributed by atoms with van der Waals surface area (Å²) in [6.07, 6.45) is 3.27. The Morgan fingerprint density at radius 2 is 0.900 bits per heavy atom. The molecule has 6 heteroatoms. The Labute approximate surface area is 293 Å². The lowest BCUT2D eigenvalue weighted by Gasteiger charge is -2.18. The van der Waals surface area contributed by atoms with Gasteiger partial charge in [-0.2, -0.15) is 0 Å². The van der Waals surface area contributed by atoms with E-state index in [0.29, 0.717) is 47.5 Å². The van der Waals surface area contributed by atoms with Crippen LogP contribution in [0.2, 0.25) is 0 Å². The van der Waals surface area contributed by atoms with Crippen molar-refractivity contribution >= 4 is 11.9 Å². The average Bonchev–Trinajstić information content (AvgIpc) is 3.18. The molecule has 6 rings (SSSR count). The molecule has 50 heavy (non-hydrogen) atoms. The molecule has 0 N–H and O–H groups in total. The third-order valence-electron chi connectivity index (χ3n) is 7.86. The third-order valence-corrected chi connectivity index (χ3v) is 7.86. The highest BCUT2D eigenvalue weighted by Gasteiger charge is 2.21. The summed E-state index contributed by atoms with van der Waals surface area (Å²) in [7, 11) is 1.60. The number of allylic oxidation sites excluding steroid dienone is 1. The van der Waals surface area contributed by atoms with Gasteiger partial charge < -0.3 is 23.7 Å². The molecule has 0 atom stereocenters. The van der Waals surface area contributed by atoms with E-state index >= 15 is 0 Å². The standard InChI is InChI=1S/C44H38O6/c1-46-40-25-23-33(26-41(40)48-30-35-16-8-3-9-17-35)22-24-39(45)44-42(49-31-36-18-10-4-11-19-36)27-38(47-29-34-14-6-2-7-15-34)28-43(44)50-32-37-20-12-5-13-21-37/h2-28H,29-32H2,1H3. The SMILES string of the molecule is COc1ccc(C=CC(=O)c2c(OCc3ccccc3)cc(OCc3ccccc3)cc2OCc2ccccc2)cc1OCc1ccccc1. The van der Waals surface area contributed by atoms with Crippen LogP contribution in [0.1, 0.15) is 38.2 Å². The van der Waals surface area contributed by atoms with Crippen molar-refractivity contribution in [3.8, 4) is 28.7 Å². The van der Waals surface area contributed by atoms with E-state index in [1.165, 1.54) is 6.08 Å². The van der Waals surface area contributed by atoms with Crippen molar-refractivity contribution in [2.75, 3.05) is 7.11 Å². The Balaban J connectivity index is 1.31. The Kier molecular flexibility index (Phi) is 11.6. The molecule has 0 bridgehead atoms. The van der Waals surface area contributed by atoms with E-state index in [1.54, 1.807) is 25.3 Å². The minimum atomic E-state index is -0.284. The first-order valence-electron chi connectivity index (χ1n) is 16.4. The number of ether oxygens (including phenoxy) is 5. The molecular formula is C44H38O6. The van der Waals surface area contributed by atoms with Crippen molar-refractivity contribution in [2.24, 2.45) is 0 Å². The van der Waals surface area contributed by atoms with E-state index in [2.05, 4.69) is 0 Å². The largest absolute Gasteiger partial charge is 0.493 e. The van der Waals surface area contributed by atoms with Gasteiger partial charge in [0.05, 0.1) is 7.11 Å². The van der Waals surface area contributed by atoms with Gasteiger partial charge in [-0.1, -0.05) is 133 Å². The van der Waals surface area contributed by atoms with Gasteiger partial charge in [-0.05, 0) is 46.0 Å². The topological polar surface area (TPSA) is 63.2 Å². The summed E-state index contributed by atoms with van der Waals surface area (Å²) < 4.78 is 30.6. The normalized spacial score (nSPS) is 10.8. The summed E-state index contributed by atoms with van der Waals surface area (Å²) >= 11 is 0. The van der Waals surface area contributed by atoms with Gasteiger partial charge in [0.1, 0.15) is 49.2 Å². The maximum absolute atomic E-state index is 14.1. The summed E-state index contributed by atoms with van der Waals surface area (Å²) in [5, 5.41) is 0. The predicted octanol–water partition coefficient (Wildman–Crippen LogP) is 9.91. The van der Waals surface area contributed by atoms with Gasteiger partial charge >= 0.3 is 0 Å². The molecule has 0 aliphatic heterocycles. The van der Waals surface area contributed by atoms with Gasteiger partial charge in [-0.3, -0.25) is 4.79 Å². The predicted molar refractivity (Wildman–Crippen MR) is 196 cm³/mol. The van der Waals surface area contributed by atoms with Crippen LogP contribution < -0.4 is 23.7 Å². The molecular weight excluding hydrogens is 624 g/mol. The van der Waals surface area contributed by atoms with E-state index < -0.39 is 0 Å². The first-order chi connectivity index (χ1) is 24.6. The van der Waals surface area contributed by atoms with Crippen LogP contribution >= 0.6 is 0 Å². The number of hydrogen-bond acceptors (Lipinski definition) is 6. The first-order valence-corrected chi connectivity index (χ1v) is 16.4. The van der Waals surface area contributed by atoms with Crippen LogP contribution in [-0.4, -0.2) is 12.9 Å². The van der Waals surface area contributed by atoms with Crippen LogP contribution in [0.4, 0.5) is 0 Å². The van der Waals surface area contributed by atoms with E-state index in [-0.39, 0.29) is 19.0 Å². The minimum absolute atomic E-state index is 0.256. The van der Waals surface area contributed by atoms with Gasteiger partial charge in [-0.25, -0.2) is 0 Å². The lowest BCUT2D eigenvalue weighted by molar-refractivity contribution is 0.103. The second-order valence-electron chi connectivity index (χ2n) is 11.5. The van der Waals surface area contributed by atoms with Crippen molar-refractivity contribution in [1.82, 2.24) is 0 Å². The van der Waals surface area contributed by atoms with Gasteiger partial charge in [0.2, 0.25) is 0 Å². The second kappa shape index (κ2) is 17.2. The zero-order valence-corrected chi connectivity index (χ0v) is 27.9. The van der Waals surface area contributed by atoms with Crippen LogP contribution in [-0.2, 0) is 26.4 Å². The maximum atomic E-state index is 14.1. The molecule has 0 saturated heterocycles. The number of carbonyl (C=O) groups excluding carboxylic acids is 1. The number of carbonyl (C=O) groups is 1. The van der Waals surface area contributed by atoms with Crippen LogP contribution in [0.3, 0.4) is 0 Å². The average molecular weight is 663 g/mol. The molecule has 0 aliphatic carbocycles. The first kappa shape index (κ1) is 33.6. The number of ketones is 1. The van der Waals surface area contributed by atoms with Crippen molar-refractivity contribution in [3.05, 3.63) is 191 Å². The highest BCUT2D eigenvalue weighted by Crippen LogP contribution is 2.37. The zero-order valence-electron chi connectivity index (χ0n) is 27.9. The van der Waals surface area contributed by atoms with E-state index in [1.807, 2.05) is 140 Å².